The third-order valence-corrected chi connectivity index (χ3v) is 5.37. The SMILES string of the molecule is O=C(c1ccc(-c2ccccc2)cc1)[C@@H]1CCCN(C(=O)CCn2cnnn2)C1. The van der Waals surface area contributed by atoms with Crippen LogP contribution < -0.4 is 0 Å². The van der Waals surface area contributed by atoms with Crippen molar-refractivity contribution in [3.8, 4) is 11.1 Å². The van der Waals surface area contributed by atoms with Crippen LogP contribution in [0.5, 0.6) is 0 Å². The predicted octanol–water partition coefficient (Wildman–Crippen LogP) is 2.85. The van der Waals surface area contributed by atoms with Gasteiger partial charge in [0.15, 0.2) is 5.78 Å². The summed E-state index contributed by atoms with van der Waals surface area (Å²) in [6.45, 7) is 1.63. The number of aromatic nitrogens is 4. The number of carbonyl (C=O) groups excluding carboxylic acids is 2. The average Bonchev–Trinajstić information content (AvgIpc) is 3.31. The van der Waals surface area contributed by atoms with Gasteiger partial charge in [0.05, 0.1) is 6.54 Å². The summed E-state index contributed by atoms with van der Waals surface area (Å²) >= 11 is 0. The topological polar surface area (TPSA) is 81.0 Å². The molecular formula is C22H23N5O2. The van der Waals surface area contributed by atoms with Gasteiger partial charge in [-0.25, -0.2) is 4.68 Å². The summed E-state index contributed by atoms with van der Waals surface area (Å²) < 4.78 is 1.54. The first-order chi connectivity index (χ1) is 14.2. The molecule has 0 spiro atoms. The number of tetrazole rings is 1. The van der Waals surface area contributed by atoms with Crippen molar-refractivity contribution in [2.24, 2.45) is 5.92 Å². The lowest BCUT2D eigenvalue weighted by molar-refractivity contribution is -0.132. The molecule has 148 valence electrons. The van der Waals surface area contributed by atoms with Crippen LogP contribution in [0, 0.1) is 5.92 Å². The highest BCUT2D eigenvalue weighted by molar-refractivity contribution is 5.98. The maximum atomic E-state index is 13.0. The van der Waals surface area contributed by atoms with Gasteiger partial charge in [-0.3, -0.25) is 9.59 Å². The molecule has 1 aromatic heterocycles. The number of nitrogens with zero attached hydrogens (tertiary/aromatic N) is 5. The highest BCUT2D eigenvalue weighted by atomic mass is 16.2. The van der Waals surface area contributed by atoms with E-state index in [1.807, 2.05) is 42.5 Å². The molecule has 1 fully saturated rings. The first-order valence-electron chi connectivity index (χ1n) is 9.89. The van der Waals surface area contributed by atoms with E-state index < -0.39 is 0 Å². The molecule has 0 N–H and O–H groups in total. The Kier molecular flexibility index (Phi) is 5.74. The van der Waals surface area contributed by atoms with Gasteiger partial charge in [-0.2, -0.15) is 0 Å². The molecule has 0 bridgehead atoms. The highest BCUT2D eigenvalue weighted by Crippen LogP contribution is 2.24. The molecule has 1 amide bonds. The Morgan fingerprint density at radius 3 is 2.48 bits per heavy atom. The van der Waals surface area contributed by atoms with E-state index >= 15 is 0 Å². The minimum Gasteiger partial charge on any atom is -0.342 e. The Hall–Kier alpha value is -3.35. The lowest BCUT2D eigenvalue weighted by Gasteiger charge is -2.32. The summed E-state index contributed by atoms with van der Waals surface area (Å²) in [6, 6.07) is 17.9. The van der Waals surface area contributed by atoms with Gasteiger partial charge < -0.3 is 4.90 Å². The standard InChI is InChI=1S/C22H23N5O2/c28-21(12-14-27-16-23-24-25-27)26-13-4-7-20(15-26)22(29)19-10-8-18(9-11-19)17-5-2-1-3-6-17/h1-3,5-6,8-11,16,20H,4,7,12-15H2/t20-/m1/s1. The van der Waals surface area contributed by atoms with Gasteiger partial charge in [-0.15, -0.1) is 5.10 Å². The second-order valence-electron chi connectivity index (χ2n) is 7.31. The number of likely N-dealkylation sites (tertiary alicyclic amines) is 1. The van der Waals surface area contributed by atoms with Crippen LogP contribution in [0.15, 0.2) is 60.9 Å². The molecule has 1 aliphatic rings. The molecule has 2 heterocycles. The number of hydrogen-bond donors (Lipinski definition) is 0. The minimum atomic E-state index is -0.150. The molecule has 2 aromatic carbocycles. The second kappa shape index (κ2) is 8.77. The largest absolute Gasteiger partial charge is 0.342 e. The summed E-state index contributed by atoms with van der Waals surface area (Å²) in [5, 5.41) is 10.9. The van der Waals surface area contributed by atoms with Crippen LogP contribution in [0.1, 0.15) is 29.6 Å². The van der Waals surface area contributed by atoms with E-state index in [1.165, 1.54) is 6.33 Å². The van der Waals surface area contributed by atoms with E-state index in [2.05, 4.69) is 27.7 Å². The Morgan fingerprint density at radius 1 is 1.00 bits per heavy atom. The monoisotopic (exact) mass is 389 g/mol. The fourth-order valence-corrected chi connectivity index (χ4v) is 3.76. The van der Waals surface area contributed by atoms with Gasteiger partial charge in [0.25, 0.3) is 0 Å². The molecule has 1 aliphatic heterocycles. The summed E-state index contributed by atoms with van der Waals surface area (Å²) in [6.07, 6.45) is 3.48. The zero-order valence-corrected chi connectivity index (χ0v) is 16.1. The van der Waals surface area contributed by atoms with Crippen molar-refractivity contribution in [3.05, 3.63) is 66.5 Å². The van der Waals surface area contributed by atoms with Crippen molar-refractivity contribution in [2.45, 2.75) is 25.8 Å². The molecule has 0 radical (unpaired) electrons. The third kappa shape index (κ3) is 4.56. The van der Waals surface area contributed by atoms with Gasteiger partial charge in [-0.05, 0) is 34.4 Å². The van der Waals surface area contributed by atoms with E-state index in [0.29, 0.717) is 31.6 Å². The smallest absolute Gasteiger partial charge is 0.224 e. The van der Waals surface area contributed by atoms with E-state index in [4.69, 9.17) is 0 Å². The first kappa shape index (κ1) is 19.0. The van der Waals surface area contributed by atoms with E-state index in [0.717, 1.165) is 24.0 Å². The quantitative estimate of drug-likeness (QED) is 0.606. The lowest BCUT2D eigenvalue weighted by atomic mass is 9.89. The maximum Gasteiger partial charge on any atom is 0.224 e. The first-order valence-corrected chi connectivity index (χ1v) is 9.89. The molecule has 0 saturated carbocycles. The molecule has 1 atom stereocenters. The third-order valence-electron chi connectivity index (χ3n) is 5.37. The normalized spacial score (nSPS) is 16.6. The Labute approximate surface area is 169 Å². The van der Waals surface area contributed by atoms with Gasteiger partial charge in [0, 0.05) is 31.0 Å². The number of Topliss-reactive ketones (excluding diaryl/α,β-unsaturated/α-hetero) is 1. The molecule has 1 saturated heterocycles. The number of hydrogen-bond acceptors (Lipinski definition) is 5. The molecule has 3 aromatic rings. The van der Waals surface area contributed by atoms with Crippen LogP contribution in [0.3, 0.4) is 0 Å². The number of amides is 1. The zero-order chi connectivity index (χ0) is 20.1. The van der Waals surface area contributed by atoms with Crippen LogP contribution in [-0.2, 0) is 11.3 Å². The molecule has 29 heavy (non-hydrogen) atoms. The average molecular weight is 389 g/mol. The minimum absolute atomic E-state index is 0.0393. The van der Waals surface area contributed by atoms with E-state index in [9.17, 15) is 9.59 Å². The summed E-state index contributed by atoms with van der Waals surface area (Å²) in [5.41, 5.74) is 2.92. The van der Waals surface area contributed by atoms with Gasteiger partial charge >= 0.3 is 0 Å². The second-order valence-corrected chi connectivity index (χ2v) is 7.31. The van der Waals surface area contributed by atoms with Gasteiger partial charge in [0.1, 0.15) is 6.33 Å². The number of ketones is 1. The predicted molar refractivity (Wildman–Crippen MR) is 108 cm³/mol. The van der Waals surface area contributed by atoms with E-state index in [-0.39, 0.29) is 17.6 Å². The fourth-order valence-electron chi connectivity index (χ4n) is 3.76. The number of piperidine rings is 1. The van der Waals surface area contributed by atoms with Crippen molar-refractivity contribution in [1.82, 2.24) is 25.1 Å². The highest BCUT2D eigenvalue weighted by Gasteiger charge is 2.28. The van der Waals surface area contributed by atoms with Crippen molar-refractivity contribution >= 4 is 11.7 Å². The Bertz CT molecular complexity index is 955. The summed E-state index contributed by atoms with van der Waals surface area (Å²) in [5.74, 6) is 0.00308. The summed E-state index contributed by atoms with van der Waals surface area (Å²) in [7, 11) is 0. The molecule has 7 nitrogen and oxygen atoms in total. The fraction of sp³-hybridized carbons (Fsp3) is 0.318. The lowest BCUT2D eigenvalue weighted by Crippen LogP contribution is -2.42. The number of rotatable bonds is 6. The van der Waals surface area contributed by atoms with E-state index in [1.54, 1.807) is 9.58 Å². The van der Waals surface area contributed by atoms with Crippen LogP contribution in [0.2, 0.25) is 0 Å². The molecular weight excluding hydrogens is 366 g/mol. The Morgan fingerprint density at radius 2 is 1.76 bits per heavy atom. The van der Waals surface area contributed by atoms with Crippen molar-refractivity contribution in [2.75, 3.05) is 13.1 Å². The van der Waals surface area contributed by atoms with Crippen LogP contribution in [-0.4, -0.2) is 49.9 Å². The Balaban J connectivity index is 1.37. The van der Waals surface area contributed by atoms with Crippen LogP contribution in [0.4, 0.5) is 0 Å². The van der Waals surface area contributed by atoms with Gasteiger partial charge in [0.2, 0.25) is 5.91 Å². The molecule has 0 aliphatic carbocycles. The summed E-state index contributed by atoms with van der Waals surface area (Å²) in [4.78, 5) is 27.3. The van der Waals surface area contributed by atoms with Crippen molar-refractivity contribution in [1.29, 1.82) is 0 Å². The number of benzene rings is 2. The van der Waals surface area contributed by atoms with Crippen molar-refractivity contribution < 1.29 is 9.59 Å². The number of aryl methyl sites for hydroxylation is 1. The number of carbonyl (C=O) groups is 2. The van der Waals surface area contributed by atoms with Crippen molar-refractivity contribution in [3.63, 3.8) is 0 Å². The van der Waals surface area contributed by atoms with Crippen LogP contribution >= 0.6 is 0 Å². The van der Waals surface area contributed by atoms with Crippen LogP contribution in [0.25, 0.3) is 11.1 Å². The zero-order valence-electron chi connectivity index (χ0n) is 16.1. The molecule has 4 rings (SSSR count). The molecule has 0 unspecified atom stereocenters. The van der Waals surface area contributed by atoms with Gasteiger partial charge in [-0.1, -0.05) is 54.6 Å². The maximum absolute atomic E-state index is 13.0. The molecule has 7 heteroatoms.